The normalized spacial score (nSPS) is 9.92. The van der Waals surface area contributed by atoms with Crippen molar-refractivity contribution in [3.8, 4) is 0 Å². The van der Waals surface area contributed by atoms with Gasteiger partial charge in [-0.15, -0.1) is 11.3 Å². The molecule has 4 nitrogen and oxygen atoms in total. The van der Waals surface area contributed by atoms with Crippen LogP contribution < -0.4 is 10.6 Å². The minimum Gasteiger partial charge on any atom is -0.316 e. The SMILES string of the molecule is CCNCCC(=O)Nc1nccs1. The summed E-state index contributed by atoms with van der Waals surface area (Å²) in [6.07, 6.45) is 2.16. The lowest BCUT2D eigenvalue weighted by Gasteiger charge is -2.01. The van der Waals surface area contributed by atoms with E-state index in [0.717, 1.165) is 6.54 Å². The molecule has 72 valence electrons. The predicted molar refractivity (Wildman–Crippen MR) is 53.9 cm³/mol. The molecule has 0 saturated carbocycles. The first kappa shape index (κ1) is 10.1. The van der Waals surface area contributed by atoms with Crippen LogP contribution >= 0.6 is 11.3 Å². The van der Waals surface area contributed by atoms with E-state index < -0.39 is 0 Å². The summed E-state index contributed by atoms with van der Waals surface area (Å²) in [6.45, 7) is 3.62. The molecule has 0 aliphatic heterocycles. The highest BCUT2D eigenvalue weighted by Crippen LogP contribution is 2.09. The van der Waals surface area contributed by atoms with Crippen molar-refractivity contribution >= 4 is 22.4 Å². The van der Waals surface area contributed by atoms with Gasteiger partial charge in [-0.25, -0.2) is 4.98 Å². The van der Waals surface area contributed by atoms with Crippen molar-refractivity contribution in [2.45, 2.75) is 13.3 Å². The first-order valence-electron chi connectivity index (χ1n) is 4.23. The number of amides is 1. The van der Waals surface area contributed by atoms with Crippen LogP contribution in [-0.2, 0) is 4.79 Å². The number of nitrogens with zero attached hydrogens (tertiary/aromatic N) is 1. The summed E-state index contributed by atoms with van der Waals surface area (Å²) < 4.78 is 0. The van der Waals surface area contributed by atoms with Crippen LogP contribution in [0.4, 0.5) is 5.13 Å². The molecule has 0 radical (unpaired) electrons. The number of thiazole rings is 1. The van der Waals surface area contributed by atoms with Crippen LogP contribution in [0.2, 0.25) is 0 Å². The summed E-state index contributed by atoms with van der Waals surface area (Å²) in [4.78, 5) is 15.2. The van der Waals surface area contributed by atoms with E-state index in [4.69, 9.17) is 0 Å². The van der Waals surface area contributed by atoms with Crippen molar-refractivity contribution in [3.05, 3.63) is 11.6 Å². The topological polar surface area (TPSA) is 54.0 Å². The molecule has 0 aromatic carbocycles. The molecule has 1 aromatic heterocycles. The molecule has 0 aliphatic carbocycles. The maximum Gasteiger partial charge on any atom is 0.227 e. The van der Waals surface area contributed by atoms with Crippen molar-refractivity contribution in [2.24, 2.45) is 0 Å². The zero-order valence-electron chi connectivity index (χ0n) is 7.54. The number of carbonyl (C=O) groups is 1. The van der Waals surface area contributed by atoms with Gasteiger partial charge in [-0.2, -0.15) is 0 Å². The second-order valence-corrected chi connectivity index (χ2v) is 3.38. The van der Waals surface area contributed by atoms with Gasteiger partial charge in [-0.05, 0) is 6.54 Å². The second kappa shape index (κ2) is 5.66. The van der Waals surface area contributed by atoms with Gasteiger partial charge < -0.3 is 10.6 Å². The number of rotatable bonds is 5. The van der Waals surface area contributed by atoms with Gasteiger partial charge in [0.2, 0.25) is 5.91 Å². The highest BCUT2D eigenvalue weighted by molar-refractivity contribution is 7.13. The van der Waals surface area contributed by atoms with E-state index >= 15 is 0 Å². The summed E-state index contributed by atoms with van der Waals surface area (Å²) in [5.74, 6) is 0.0101. The third-order valence-corrected chi connectivity index (χ3v) is 2.15. The number of hydrogen-bond acceptors (Lipinski definition) is 4. The average molecular weight is 199 g/mol. The van der Waals surface area contributed by atoms with Gasteiger partial charge in [0.1, 0.15) is 0 Å². The first-order chi connectivity index (χ1) is 6.33. The van der Waals surface area contributed by atoms with E-state index in [1.54, 1.807) is 6.20 Å². The maximum absolute atomic E-state index is 11.2. The van der Waals surface area contributed by atoms with Crippen molar-refractivity contribution in [2.75, 3.05) is 18.4 Å². The lowest BCUT2D eigenvalue weighted by atomic mass is 10.4. The van der Waals surface area contributed by atoms with Gasteiger partial charge in [0.05, 0.1) is 0 Å². The third-order valence-electron chi connectivity index (χ3n) is 1.46. The Labute approximate surface area is 81.4 Å². The fourth-order valence-corrected chi connectivity index (χ4v) is 1.39. The zero-order valence-corrected chi connectivity index (χ0v) is 8.36. The molecular formula is C8H13N3OS. The Morgan fingerprint density at radius 3 is 3.15 bits per heavy atom. The molecule has 1 rings (SSSR count). The van der Waals surface area contributed by atoms with Crippen LogP contribution in [0, 0.1) is 0 Å². The number of nitrogens with one attached hydrogen (secondary N) is 2. The zero-order chi connectivity index (χ0) is 9.52. The molecule has 0 saturated heterocycles. The Hall–Kier alpha value is -0.940. The maximum atomic E-state index is 11.2. The van der Waals surface area contributed by atoms with Gasteiger partial charge >= 0.3 is 0 Å². The summed E-state index contributed by atoms with van der Waals surface area (Å²) >= 11 is 1.43. The van der Waals surface area contributed by atoms with Gasteiger partial charge in [-0.3, -0.25) is 4.79 Å². The van der Waals surface area contributed by atoms with Gasteiger partial charge in [0.25, 0.3) is 0 Å². The van der Waals surface area contributed by atoms with Crippen LogP contribution in [0.15, 0.2) is 11.6 Å². The minimum atomic E-state index is 0.0101. The number of aromatic nitrogens is 1. The molecule has 5 heteroatoms. The van der Waals surface area contributed by atoms with Crippen LogP contribution in [0.25, 0.3) is 0 Å². The van der Waals surface area contributed by atoms with E-state index in [1.165, 1.54) is 11.3 Å². The quantitative estimate of drug-likeness (QED) is 0.698. The molecule has 0 spiro atoms. The predicted octanol–water partition coefficient (Wildman–Crippen LogP) is 1.08. The smallest absolute Gasteiger partial charge is 0.227 e. The standard InChI is InChI=1S/C8H13N3OS/c1-2-9-4-3-7(12)11-8-10-5-6-13-8/h5-6,9H,2-4H2,1H3,(H,10,11,12). The third kappa shape index (κ3) is 4.00. The Kier molecular flexibility index (Phi) is 4.42. The van der Waals surface area contributed by atoms with E-state index in [2.05, 4.69) is 15.6 Å². The Morgan fingerprint density at radius 2 is 2.54 bits per heavy atom. The molecule has 0 aliphatic rings. The Bertz CT molecular complexity index is 248. The fraction of sp³-hybridized carbons (Fsp3) is 0.500. The van der Waals surface area contributed by atoms with Gasteiger partial charge in [0, 0.05) is 24.5 Å². The van der Waals surface area contributed by atoms with Crippen LogP contribution in [-0.4, -0.2) is 24.0 Å². The lowest BCUT2D eigenvalue weighted by molar-refractivity contribution is -0.116. The Balaban J connectivity index is 2.18. The van der Waals surface area contributed by atoms with E-state index in [-0.39, 0.29) is 5.91 Å². The molecule has 0 atom stereocenters. The van der Waals surface area contributed by atoms with Crippen LogP contribution in [0.5, 0.6) is 0 Å². The van der Waals surface area contributed by atoms with Gasteiger partial charge in [-0.1, -0.05) is 6.92 Å². The molecule has 0 unspecified atom stereocenters. The van der Waals surface area contributed by atoms with Gasteiger partial charge in [0.15, 0.2) is 5.13 Å². The van der Waals surface area contributed by atoms with Crippen molar-refractivity contribution in [1.29, 1.82) is 0 Å². The molecule has 1 aromatic rings. The van der Waals surface area contributed by atoms with Crippen LogP contribution in [0.3, 0.4) is 0 Å². The average Bonchev–Trinajstić information content (AvgIpc) is 2.57. The molecule has 0 fully saturated rings. The number of hydrogen-bond donors (Lipinski definition) is 2. The second-order valence-electron chi connectivity index (χ2n) is 2.49. The van der Waals surface area contributed by atoms with Crippen LogP contribution in [0.1, 0.15) is 13.3 Å². The molecular weight excluding hydrogens is 186 g/mol. The molecule has 1 amide bonds. The fourth-order valence-electron chi connectivity index (χ4n) is 0.846. The van der Waals surface area contributed by atoms with Crippen molar-refractivity contribution < 1.29 is 4.79 Å². The molecule has 13 heavy (non-hydrogen) atoms. The Morgan fingerprint density at radius 1 is 1.69 bits per heavy atom. The number of carbonyl (C=O) groups excluding carboxylic acids is 1. The highest BCUT2D eigenvalue weighted by Gasteiger charge is 2.02. The minimum absolute atomic E-state index is 0.0101. The number of anilines is 1. The summed E-state index contributed by atoms with van der Waals surface area (Å²) in [7, 11) is 0. The summed E-state index contributed by atoms with van der Waals surface area (Å²) in [5, 5.41) is 8.29. The molecule has 2 N–H and O–H groups in total. The lowest BCUT2D eigenvalue weighted by Crippen LogP contribution is -2.21. The van der Waals surface area contributed by atoms with Crippen molar-refractivity contribution in [3.63, 3.8) is 0 Å². The van der Waals surface area contributed by atoms with E-state index in [1.807, 2.05) is 12.3 Å². The summed E-state index contributed by atoms with van der Waals surface area (Å²) in [5.41, 5.74) is 0. The first-order valence-corrected chi connectivity index (χ1v) is 5.11. The highest BCUT2D eigenvalue weighted by atomic mass is 32.1. The summed E-state index contributed by atoms with van der Waals surface area (Å²) in [6, 6.07) is 0. The largest absolute Gasteiger partial charge is 0.316 e. The molecule has 1 heterocycles. The van der Waals surface area contributed by atoms with Crippen molar-refractivity contribution in [1.82, 2.24) is 10.3 Å². The van der Waals surface area contributed by atoms with E-state index in [0.29, 0.717) is 18.1 Å². The molecule has 0 bridgehead atoms. The monoisotopic (exact) mass is 199 g/mol. The van der Waals surface area contributed by atoms with E-state index in [9.17, 15) is 4.79 Å².